The number of piperidine rings is 1. The minimum absolute atomic E-state index is 0.132. The second kappa shape index (κ2) is 7.19. The van der Waals surface area contributed by atoms with E-state index in [1.165, 1.54) is 41.8 Å². The average molecular weight is 345 g/mol. The molecule has 3 heterocycles. The van der Waals surface area contributed by atoms with Gasteiger partial charge >= 0.3 is 0 Å². The molecule has 2 fully saturated rings. The van der Waals surface area contributed by atoms with E-state index >= 15 is 0 Å². The molecule has 3 nitrogen and oxygen atoms in total. The summed E-state index contributed by atoms with van der Waals surface area (Å²) < 4.78 is 13.6. The van der Waals surface area contributed by atoms with Crippen molar-refractivity contribution in [3.63, 3.8) is 0 Å². The third kappa shape index (κ3) is 3.47. The van der Waals surface area contributed by atoms with Gasteiger partial charge in [-0.2, -0.15) is 0 Å². The van der Waals surface area contributed by atoms with Crippen molar-refractivity contribution in [3.05, 3.63) is 46.7 Å². The van der Waals surface area contributed by atoms with Crippen molar-refractivity contribution in [2.45, 2.75) is 44.7 Å². The lowest BCUT2D eigenvalue weighted by molar-refractivity contribution is 0.141. The van der Waals surface area contributed by atoms with Crippen molar-refractivity contribution in [1.82, 2.24) is 9.88 Å². The first kappa shape index (κ1) is 16.0. The Balaban J connectivity index is 1.49. The molecule has 0 bridgehead atoms. The molecule has 0 radical (unpaired) electrons. The number of hydrogen-bond acceptors (Lipinski definition) is 4. The summed E-state index contributed by atoms with van der Waals surface area (Å²) in [5, 5.41) is 1.17. The summed E-state index contributed by atoms with van der Waals surface area (Å²) in [5.41, 5.74) is 1.11. The number of thiazole rings is 1. The van der Waals surface area contributed by atoms with E-state index in [1.54, 1.807) is 6.07 Å². The van der Waals surface area contributed by atoms with Gasteiger partial charge in [0.2, 0.25) is 0 Å². The lowest BCUT2D eigenvalue weighted by atomic mass is 9.95. The van der Waals surface area contributed by atoms with Crippen LogP contribution < -0.4 is 4.90 Å². The van der Waals surface area contributed by atoms with Gasteiger partial charge in [0.05, 0.1) is 0 Å². The lowest BCUT2D eigenvalue weighted by Crippen LogP contribution is -2.32. The van der Waals surface area contributed by atoms with Crippen LogP contribution in [0.15, 0.2) is 30.5 Å². The Kier molecular flexibility index (Phi) is 4.81. The number of aromatic nitrogens is 1. The Bertz CT molecular complexity index is 681. The Hall–Kier alpha value is -1.46. The molecule has 0 unspecified atom stereocenters. The van der Waals surface area contributed by atoms with Crippen LogP contribution in [0.4, 0.5) is 9.52 Å². The van der Waals surface area contributed by atoms with Crippen LogP contribution >= 0.6 is 11.3 Å². The summed E-state index contributed by atoms with van der Waals surface area (Å²) in [6.07, 6.45) is 8.16. The summed E-state index contributed by atoms with van der Waals surface area (Å²) in [4.78, 5) is 10.8. The summed E-state index contributed by atoms with van der Waals surface area (Å²) >= 11 is 1.82. The van der Waals surface area contributed by atoms with Crippen LogP contribution in [0.1, 0.15) is 48.6 Å². The summed E-state index contributed by atoms with van der Waals surface area (Å²) in [5.74, 6) is -0.132. The predicted octanol–water partition coefficient (Wildman–Crippen LogP) is 4.61. The smallest absolute Gasteiger partial charge is 0.185 e. The molecule has 128 valence electrons. The molecule has 2 aliphatic rings. The highest BCUT2D eigenvalue weighted by atomic mass is 32.1. The fourth-order valence-corrected chi connectivity index (χ4v) is 4.88. The van der Waals surface area contributed by atoms with E-state index in [9.17, 15) is 4.39 Å². The monoisotopic (exact) mass is 345 g/mol. The number of anilines is 1. The zero-order chi connectivity index (χ0) is 16.4. The minimum atomic E-state index is -0.132. The van der Waals surface area contributed by atoms with E-state index in [1.807, 2.05) is 23.6 Å². The predicted molar refractivity (Wildman–Crippen MR) is 97.0 cm³/mol. The molecule has 0 spiro atoms. The maximum atomic E-state index is 13.6. The molecule has 0 N–H and O–H groups in total. The quantitative estimate of drug-likeness (QED) is 0.807. The lowest BCUT2D eigenvalue weighted by Gasteiger charge is -2.35. The van der Waals surface area contributed by atoms with Gasteiger partial charge in [-0.25, -0.2) is 9.37 Å². The number of likely N-dealkylation sites (tertiary alicyclic amines) is 1. The van der Waals surface area contributed by atoms with Crippen molar-refractivity contribution in [2.75, 3.05) is 24.5 Å². The summed E-state index contributed by atoms with van der Waals surface area (Å²) in [6.45, 7) is 4.29. The maximum Gasteiger partial charge on any atom is 0.185 e. The molecular formula is C19H24FN3S. The van der Waals surface area contributed by atoms with Gasteiger partial charge in [-0.15, -0.1) is 11.3 Å². The summed E-state index contributed by atoms with van der Waals surface area (Å²) in [6, 6.07) is 7.45. The first-order valence-electron chi connectivity index (χ1n) is 8.99. The standard InChI is InChI=1S/C19H24FN3S/c20-16-7-5-6-15(12-16)18-8-1-2-11-23(18)14-17-13-21-19(24-17)22-9-3-4-10-22/h5-7,12-13,18H,1-4,8-11,14H2/t18-/m0/s1. The first-order valence-corrected chi connectivity index (χ1v) is 9.80. The molecule has 1 atom stereocenters. The molecule has 0 saturated carbocycles. The second-order valence-corrected chi connectivity index (χ2v) is 7.93. The van der Waals surface area contributed by atoms with E-state index in [-0.39, 0.29) is 5.82 Å². The Labute approximate surface area is 147 Å². The largest absolute Gasteiger partial charge is 0.348 e. The number of benzene rings is 1. The van der Waals surface area contributed by atoms with Crippen LogP contribution in [-0.2, 0) is 6.54 Å². The third-order valence-electron chi connectivity index (χ3n) is 5.12. The van der Waals surface area contributed by atoms with Crippen LogP contribution in [0.3, 0.4) is 0 Å². The number of hydrogen-bond donors (Lipinski definition) is 0. The Morgan fingerprint density at radius 2 is 1.96 bits per heavy atom. The van der Waals surface area contributed by atoms with Crippen molar-refractivity contribution < 1.29 is 4.39 Å². The second-order valence-electron chi connectivity index (χ2n) is 6.84. The molecule has 1 aromatic carbocycles. The van der Waals surface area contributed by atoms with E-state index < -0.39 is 0 Å². The molecule has 0 aliphatic carbocycles. The number of nitrogens with zero attached hydrogens (tertiary/aromatic N) is 3. The highest BCUT2D eigenvalue weighted by Gasteiger charge is 2.25. The zero-order valence-corrected chi connectivity index (χ0v) is 14.8. The molecule has 24 heavy (non-hydrogen) atoms. The van der Waals surface area contributed by atoms with Crippen molar-refractivity contribution >= 4 is 16.5 Å². The van der Waals surface area contributed by atoms with Gasteiger partial charge < -0.3 is 4.90 Å². The van der Waals surface area contributed by atoms with Crippen molar-refractivity contribution in [1.29, 1.82) is 0 Å². The highest BCUT2D eigenvalue weighted by molar-refractivity contribution is 7.15. The van der Waals surface area contributed by atoms with Gasteiger partial charge in [0, 0.05) is 36.8 Å². The average Bonchev–Trinajstić information content (AvgIpc) is 3.26. The zero-order valence-electron chi connectivity index (χ0n) is 14.0. The van der Waals surface area contributed by atoms with Crippen LogP contribution in [0.25, 0.3) is 0 Å². The Morgan fingerprint density at radius 3 is 2.79 bits per heavy atom. The number of halogens is 1. The molecule has 2 aromatic rings. The van der Waals surface area contributed by atoms with Crippen molar-refractivity contribution in [3.8, 4) is 0 Å². The molecular weight excluding hydrogens is 321 g/mol. The van der Waals surface area contributed by atoms with E-state index in [0.29, 0.717) is 6.04 Å². The van der Waals surface area contributed by atoms with Gasteiger partial charge in [0.1, 0.15) is 5.82 Å². The van der Waals surface area contributed by atoms with Crippen LogP contribution in [0.2, 0.25) is 0 Å². The Morgan fingerprint density at radius 1 is 1.12 bits per heavy atom. The normalized spacial score (nSPS) is 22.2. The fourth-order valence-electron chi connectivity index (χ4n) is 3.90. The van der Waals surface area contributed by atoms with E-state index in [2.05, 4.69) is 20.9 Å². The fraction of sp³-hybridized carbons (Fsp3) is 0.526. The molecule has 2 saturated heterocycles. The van der Waals surface area contributed by atoms with Gasteiger partial charge in [-0.05, 0) is 49.9 Å². The molecule has 4 rings (SSSR count). The summed E-state index contributed by atoms with van der Waals surface area (Å²) in [7, 11) is 0. The highest BCUT2D eigenvalue weighted by Crippen LogP contribution is 2.34. The van der Waals surface area contributed by atoms with Crippen LogP contribution in [-0.4, -0.2) is 29.5 Å². The van der Waals surface area contributed by atoms with Crippen molar-refractivity contribution in [2.24, 2.45) is 0 Å². The molecule has 0 amide bonds. The molecule has 1 aromatic heterocycles. The molecule has 5 heteroatoms. The van der Waals surface area contributed by atoms with Crippen LogP contribution in [0, 0.1) is 5.82 Å². The van der Waals surface area contributed by atoms with Crippen LogP contribution in [0.5, 0.6) is 0 Å². The SMILES string of the molecule is Fc1cccc([C@@H]2CCCCN2Cc2cnc(N3CCCC3)s2)c1. The maximum absolute atomic E-state index is 13.6. The minimum Gasteiger partial charge on any atom is -0.348 e. The van der Waals surface area contributed by atoms with E-state index in [4.69, 9.17) is 0 Å². The van der Waals surface area contributed by atoms with E-state index in [0.717, 1.165) is 38.2 Å². The topological polar surface area (TPSA) is 19.4 Å². The van der Waals surface area contributed by atoms with Gasteiger partial charge in [-0.1, -0.05) is 18.6 Å². The van der Waals surface area contributed by atoms with Gasteiger partial charge in [0.15, 0.2) is 5.13 Å². The molecule has 2 aliphatic heterocycles. The number of rotatable bonds is 4. The van der Waals surface area contributed by atoms with Gasteiger partial charge in [0.25, 0.3) is 0 Å². The first-order chi connectivity index (χ1) is 11.8. The van der Waals surface area contributed by atoms with Gasteiger partial charge in [-0.3, -0.25) is 4.90 Å². The third-order valence-corrected chi connectivity index (χ3v) is 6.17.